The number of halogens is 1. The minimum Gasteiger partial charge on any atom is -0.306 e. The summed E-state index contributed by atoms with van der Waals surface area (Å²) in [7, 11) is 2.22. The fourth-order valence-electron chi connectivity index (χ4n) is 1.88. The lowest BCUT2D eigenvalue weighted by Gasteiger charge is -2.33. The topological polar surface area (TPSA) is 3.24 Å². The fourth-order valence-corrected chi connectivity index (χ4v) is 3.18. The molecular weight excluding hydrogens is 273 g/mol. The highest BCUT2D eigenvalue weighted by Crippen LogP contribution is 2.29. The van der Waals surface area contributed by atoms with E-state index in [1.807, 2.05) is 0 Å². The van der Waals surface area contributed by atoms with Crippen molar-refractivity contribution in [1.29, 1.82) is 0 Å². The first-order valence-corrected chi connectivity index (χ1v) is 6.85. The monoisotopic (exact) mass is 297 g/mol. The van der Waals surface area contributed by atoms with Gasteiger partial charge in [0, 0.05) is 11.0 Å². The van der Waals surface area contributed by atoms with Crippen molar-refractivity contribution in [3.8, 4) is 0 Å². The Balaban J connectivity index is 4.05. The van der Waals surface area contributed by atoms with Crippen LogP contribution in [-0.2, 0) is 0 Å². The zero-order chi connectivity index (χ0) is 10.3. The first-order chi connectivity index (χ1) is 6.08. The van der Waals surface area contributed by atoms with E-state index >= 15 is 0 Å². The molecule has 0 N–H and O–H groups in total. The number of nitrogens with zero attached hydrogens (tertiary/aromatic N) is 1. The van der Waals surface area contributed by atoms with Crippen molar-refractivity contribution in [3.05, 3.63) is 0 Å². The van der Waals surface area contributed by atoms with E-state index in [1.165, 1.54) is 36.8 Å². The minimum atomic E-state index is 0.542. The molecule has 0 aromatic carbocycles. The van der Waals surface area contributed by atoms with Gasteiger partial charge >= 0.3 is 0 Å². The van der Waals surface area contributed by atoms with Crippen LogP contribution < -0.4 is 0 Å². The average Bonchev–Trinajstić information content (AvgIpc) is 2.04. The van der Waals surface area contributed by atoms with Crippen LogP contribution in [0.4, 0.5) is 0 Å². The Hall–Kier alpha value is 0.690. The van der Waals surface area contributed by atoms with E-state index in [1.54, 1.807) is 0 Å². The molecule has 2 heteroatoms. The van der Waals surface area contributed by atoms with Gasteiger partial charge in [0.2, 0.25) is 0 Å². The minimum absolute atomic E-state index is 0.542. The zero-order valence-corrected chi connectivity index (χ0v) is 11.7. The second-order valence-electron chi connectivity index (χ2n) is 4.33. The summed E-state index contributed by atoms with van der Waals surface area (Å²) in [5.41, 5.74) is 0.542. The van der Waals surface area contributed by atoms with Crippen molar-refractivity contribution in [2.45, 2.75) is 40.0 Å². The molecule has 0 aromatic rings. The van der Waals surface area contributed by atoms with E-state index < -0.39 is 0 Å². The SMILES string of the molecule is CCCC(C)(CCI)CN(C)CC. The van der Waals surface area contributed by atoms with E-state index in [2.05, 4.69) is 55.3 Å². The zero-order valence-electron chi connectivity index (χ0n) is 9.57. The highest BCUT2D eigenvalue weighted by Gasteiger charge is 2.23. The predicted molar refractivity (Wildman–Crippen MR) is 69.7 cm³/mol. The van der Waals surface area contributed by atoms with Crippen molar-refractivity contribution >= 4 is 22.6 Å². The first kappa shape index (κ1) is 13.7. The Bertz CT molecular complexity index is 119. The van der Waals surface area contributed by atoms with Crippen molar-refractivity contribution in [2.75, 3.05) is 24.6 Å². The van der Waals surface area contributed by atoms with E-state index in [9.17, 15) is 0 Å². The lowest BCUT2D eigenvalue weighted by Crippen LogP contribution is -2.33. The van der Waals surface area contributed by atoms with E-state index in [-0.39, 0.29) is 0 Å². The van der Waals surface area contributed by atoms with E-state index in [0.29, 0.717) is 5.41 Å². The van der Waals surface area contributed by atoms with E-state index in [0.717, 1.165) is 0 Å². The lowest BCUT2D eigenvalue weighted by molar-refractivity contribution is 0.179. The maximum absolute atomic E-state index is 2.49. The molecule has 0 spiro atoms. The van der Waals surface area contributed by atoms with Gasteiger partial charge in [0.25, 0.3) is 0 Å². The van der Waals surface area contributed by atoms with Gasteiger partial charge < -0.3 is 4.90 Å². The molecule has 0 rings (SSSR count). The van der Waals surface area contributed by atoms with Crippen LogP contribution in [-0.4, -0.2) is 29.5 Å². The molecule has 0 amide bonds. The molecule has 0 saturated carbocycles. The van der Waals surface area contributed by atoms with Crippen molar-refractivity contribution in [3.63, 3.8) is 0 Å². The summed E-state index contributed by atoms with van der Waals surface area (Å²) in [6.07, 6.45) is 4.02. The summed E-state index contributed by atoms with van der Waals surface area (Å²) in [5.74, 6) is 0. The molecule has 1 unspecified atom stereocenters. The highest BCUT2D eigenvalue weighted by atomic mass is 127. The standard InChI is InChI=1S/C11H24IN/c1-5-7-11(3,8-9-12)10-13(4)6-2/h5-10H2,1-4H3. The van der Waals surface area contributed by atoms with Gasteiger partial charge in [-0.1, -0.05) is 49.8 Å². The largest absolute Gasteiger partial charge is 0.306 e. The molecule has 0 radical (unpaired) electrons. The number of hydrogen-bond acceptors (Lipinski definition) is 1. The Morgan fingerprint density at radius 1 is 1.23 bits per heavy atom. The molecule has 13 heavy (non-hydrogen) atoms. The van der Waals surface area contributed by atoms with E-state index in [4.69, 9.17) is 0 Å². The fraction of sp³-hybridized carbons (Fsp3) is 1.00. The van der Waals surface area contributed by atoms with Crippen molar-refractivity contribution in [2.24, 2.45) is 5.41 Å². The molecule has 80 valence electrons. The molecule has 1 atom stereocenters. The van der Waals surface area contributed by atoms with Crippen LogP contribution in [0.5, 0.6) is 0 Å². The van der Waals surface area contributed by atoms with Crippen LogP contribution in [0, 0.1) is 5.41 Å². The molecule has 0 heterocycles. The van der Waals surface area contributed by atoms with Crippen molar-refractivity contribution in [1.82, 2.24) is 4.90 Å². The number of alkyl halides is 1. The summed E-state index contributed by atoms with van der Waals surface area (Å²) in [6, 6.07) is 0. The van der Waals surface area contributed by atoms with Crippen LogP contribution >= 0.6 is 22.6 Å². The number of hydrogen-bond donors (Lipinski definition) is 0. The quantitative estimate of drug-likeness (QED) is 0.513. The van der Waals surface area contributed by atoms with Gasteiger partial charge in [0.1, 0.15) is 0 Å². The third-order valence-electron chi connectivity index (χ3n) is 2.74. The molecule has 0 saturated heterocycles. The van der Waals surface area contributed by atoms with Gasteiger partial charge in [0.15, 0.2) is 0 Å². The van der Waals surface area contributed by atoms with Crippen molar-refractivity contribution < 1.29 is 0 Å². The van der Waals surface area contributed by atoms with Gasteiger partial charge in [-0.3, -0.25) is 0 Å². The normalized spacial score (nSPS) is 16.2. The second-order valence-corrected chi connectivity index (χ2v) is 5.41. The summed E-state index contributed by atoms with van der Waals surface area (Å²) >= 11 is 2.49. The van der Waals surface area contributed by atoms with Crippen LogP contribution in [0.3, 0.4) is 0 Å². The highest BCUT2D eigenvalue weighted by molar-refractivity contribution is 14.1. The maximum atomic E-state index is 2.49. The third-order valence-corrected chi connectivity index (χ3v) is 3.28. The molecule has 0 aliphatic rings. The third kappa shape index (κ3) is 5.89. The summed E-state index contributed by atoms with van der Waals surface area (Å²) in [6.45, 7) is 9.37. The molecule has 1 nitrogen and oxygen atoms in total. The molecule has 0 aliphatic carbocycles. The number of rotatable bonds is 7. The Labute approximate surface area is 97.4 Å². The van der Waals surface area contributed by atoms with Gasteiger partial charge in [-0.15, -0.1) is 0 Å². The summed E-state index contributed by atoms with van der Waals surface area (Å²) in [5, 5.41) is 0. The van der Waals surface area contributed by atoms with Gasteiger partial charge in [0.05, 0.1) is 0 Å². The Morgan fingerprint density at radius 2 is 1.85 bits per heavy atom. The Kier molecular flexibility index (Phi) is 7.42. The van der Waals surface area contributed by atoms with Crippen LogP contribution in [0.15, 0.2) is 0 Å². The smallest absolute Gasteiger partial charge is 0.00324 e. The first-order valence-electron chi connectivity index (χ1n) is 5.32. The van der Waals surface area contributed by atoms with Gasteiger partial charge in [-0.2, -0.15) is 0 Å². The molecule has 0 aliphatic heterocycles. The second kappa shape index (κ2) is 7.04. The van der Waals surface area contributed by atoms with Crippen LogP contribution in [0.1, 0.15) is 40.0 Å². The predicted octanol–water partition coefficient (Wildman–Crippen LogP) is 3.57. The Morgan fingerprint density at radius 3 is 2.23 bits per heavy atom. The molecule has 0 bridgehead atoms. The van der Waals surface area contributed by atoms with Gasteiger partial charge in [-0.25, -0.2) is 0 Å². The summed E-state index contributed by atoms with van der Waals surface area (Å²) < 4.78 is 1.28. The van der Waals surface area contributed by atoms with Gasteiger partial charge in [-0.05, 0) is 31.8 Å². The average molecular weight is 297 g/mol. The van der Waals surface area contributed by atoms with Crippen LogP contribution in [0.2, 0.25) is 0 Å². The maximum Gasteiger partial charge on any atom is 0.00324 e. The van der Waals surface area contributed by atoms with Crippen LogP contribution in [0.25, 0.3) is 0 Å². The molecule has 0 fully saturated rings. The molecule has 0 aromatic heterocycles. The summed E-state index contributed by atoms with van der Waals surface area (Å²) in [4.78, 5) is 2.43. The molecular formula is C11H24IN. The lowest BCUT2D eigenvalue weighted by atomic mass is 9.82.